The molecule has 6 heteroatoms. The van der Waals surface area contributed by atoms with Crippen LogP contribution in [0.5, 0.6) is 0 Å². The minimum absolute atomic E-state index is 0.124. The Hall–Kier alpha value is -1.62. The lowest BCUT2D eigenvalue weighted by Crippen LogP contribution is -2.10. The van der Waals surface area contributed by atoms with E-state index in [1.54, 1.807) is 6.92 Å². The van der Waals surface area contributed by atoms with Gasteiger partial charge in [0.1, 0.15) is 5.69 Å². The van der Waals surface area contributed by atoms with Crippen LogP contribution >= 0.6 is 11.6 Å². The van der Waals surface area contributed by atoms with Crippen LogP contribution in [0.3, 0.4) is 0 Å². The molecule has 0 aromatic heterocycles. The summed E-state index contributed by atoms with van der Waals surface area (Å²) in [5.74, 6) is -0.291. The molecule has 0 atom stereocenters. The van der Waals surface area contributed by atoms with E-state index in [2.05, 4.69) is 5.32 Å². The molecule has 1 rings (SSSR count). The highest BCUT2D eigenvalue weighted by Gasteiger charge is 2.15. The van der Waals surface area contributed by atoms with Crippen LogP contribution in [0.2, 0.25) is 5.02 Å². The van der Waals surface area contributed by atoms with Gasteiger partial charge in [-0.1, -0.05) is 18.5 Å². The first-order valence-corrected chi connectivity index (χ1v) is 4.66. The first-order chi connectivity index (χ1) is 7.04. The van der Waals surface area contributed by atoms with Crippen molar-refractivity contribution >= 4 is 28.9 Å². The Morgan fingerprint density at radius 1 is 1.60 bits per heavy atom. The third kappa shape index (κ3) is 2.92. The maximum atomic E-state index is 11.1. The van der Waals surface area contributed by atoms with Crippen molar-refractivity contribution < 1.29 is 9.72 Å². The van der Waals surface area contributed by atoms with Crippen molar-refractivity contribution in [1.29, 1.82) is 0 Å². The number of halogens is 1. The number of nitrogens with zero attached hydrogens (tertiary/aromatic N) is 1. The van der Waals surface area contributed by atoms with Crippen molar-refractivity contribution in [1.82, 2.24) is 0 Å². The fourth-order valence-corrected chi connectivity index (χ4v) is 1.18. The summed E-state index contributed by atoms with van der Waals surface area (Å²) in [5.41, 5.74) is -0.0412. The number of nitrogens with one attached hydrogen (secondary N) is 1. The molecule has 1 amide bonds. The van der Waals surface area contributed by atoms with Crippen molar-refractivity contribution in [3.8, 4) is 0 Å². The van der Waals surface area contributed by atoms with Crippen molar-refractivity contribution in [3.05, 3.63) is 33.3 Å². The summed E-state index contributed by atoms with van der Waals surface area (Å²) >= 11 is 5.67. The highest BCUT2D eigenvalue weighted by Crippen LogP contribution is 2.27. The molecule has 0 spiro atoms. The number of carbonyl (C=O) groups excluding carboxylic acids is 1. The van der Waals surface area contributed by atoms with Gasteiger partial charge in [0.05, 0.1) is 4.92 Å². The van der Waals surface area contributed by atoms with Gasteiger partial charge in [-0.15, -0.1) is 0 Å². The highest BCUT2D eigenvalue weighted by atomic mass is 35.5. The summed E-state index contributed by atoms with van der Waals surface area (Å²) in [6, 6.07) is 4.02. The quantitative estimate of drug-likeness (QED) is 0.638. The summed E-state index contributed by atoms with van der Waals surface area (Å²) in [7, 11) is 0. The Labute approximate surface area is 91.2 Å². The van der Waals surface area contributed by atoms with Gasteiger partial charge in [-0.2, -0.15) is 0 Å². The van der Waals surface area contributed by atoms with E-state index in [0.29, 0.717) is 5.02 Å². The van der Waals surface area contributed by atoms with Crippen molar-refractivity contribution in [2.45, 2.75) is 13.3 Å². The van der Waals surface area contributed by atoms with Crippen LogP contribution in [-0.4, -0.2) is 10.8 Å². The van der Waals surface area contributed by atoms with E-state index in [0.717, 1.165) is 0 Å². The number of rotatable bonds is 3. The van der Waals surface area contributed by atoms with Gasteiger partial charge in [-0.3, -0.25) is 14.9 Å². The Morgan fingerprint density at radius 3 is 2.80 bits per heavy atom. The summed E-state index contributed by atoms with van der Waals surface area (Å²) in [5, 5.41) is 13.4. The van der Waals surface area contributed by atoms with Crippen LogP contribution in [0.4, 0.5) is 11.4 Å². The topological polar surface area (TPSA) is 72.2 Å². The predicted molar refractivity (Wildman–Crippen MR) is 57.0 cm³/mol. The zero-order valence-electron chi connectivity index (χ0n) is 7.99. The number of hydrogen-bond acceptors (Lipinski definition) is 3. The summed E-state index contributed by atoms with van der Waals surface area (Å²) < 4.78 is 0. The van der Waals surface area contributed by atoms with E-state index in [1.807, 2.05) is 0 Å². The maximum Gasteiger partial charge on any atom is 0.292 e. The molecule has 80 valence electrons. The van der Waals surface area contributed by atoms with Gasteiger partial charge in [0.2, 0.25) is 5.91 Å². The zero-order chi connectivity index (χ0) is 11.4. The summed E-state index contributed by atoms with van der Waals surface area (Å²) in [6.07, 6.45) is 0.254. The maximum absolute atomic E-state index is 11.1. The third-order valence-corrected chi connectivity index (χ3v) is 1.99. The van der Waals surface area contributed by atoms with Gasteiger partial charge in [0, 0.05) is 17.5 Å². The molecule has 0 radical (unpaired) electrons. The van der Waals surface area contributed by atoms with Crippen molar-refractivity contribution in [3.63, 3.8) is 0 Å². The Kier molecular flexibility index (Phi) is 3.62. The fourth-order valence-electron chi connectivity index (χ4n) is 1.01. The van der Waals surface area contributed by atoms with E-state index >= 15 is 0 Å². The van der Waals surface area contributed by atoms with E-state index in [4.69, 9.17) is 11.6 Å². The first kappa shape index (κ1) is 11.5. The monoisotopic (exact) mass is 228 g/mol. The second-order valence-electron chi connectivity index (χ2n) is 2.82. The number of nitro groups is 1. The minimum atomic E-state index is -0.568. The first-order valence-electron chi connectivity index (χ1n) is 4.28. The highest BCUT2D eigenvalue weighted by molar-refractivity contribution is 6.31. The van der Waals surface area contributed by atoms with Crippen molar-refractivity contribution in [2.24, 2.45) is 0 Å². The van der Waals surface area contributed by atoms with Gasteiger partial charge in [-0.05, 0) is 12.1 Å². The molecular formula is C9H9ClN2O3. The second-order valence-corrected chi connectivity index (χ2v) is 3.26. The molecule has 0 heterocycles. The molecule has 0 saturated heterocycles. The average molecular weight is 229 g/mol. The molecule has 0 aliphatic heterocycles. The number of hydrogen-bond donors (Lipinski definition) is 1. The zero-order valence-corrected chi connectivity index (χ0v) is 8.75. The normalized spacial score (nSPS) is 9.73. The molecule has 15 heavy (non-hydrogen) atoms. The predicted octanol–water partition coefficient (Wildman–Crippen LogP) is 2.60. The molecule has 0 fully saturated rings. The largest absolute Gasteiger partial charge is 0.320 e. The lowest BCUT2D eigenvalue weighted by Gasteiger charge is -2.04. The van der Waals surface area contributed by atoms with Crippen LogP contribution in [0, 0.1) is 10.1 Å². The van der Waals surface area contributed by atoms with Crippen LogP contribution in [0.25, 0.3) is 0 Å². The number of anilines is 1. The SMILES string of the molecule is CCC(=O)Nc1cc(Cl)ccc1[N+](=O)[O-]. The van der Waals surface area contributed by atoms with E-state index in [-0.39, 0.29) is 23.7 Å². The number of carbonyl (C=O) groups is 1. The molecule has 0 unspecified atom stereocenters. The van der Waals surface area contributed by atoms with E-state index < -0.39 is 4.92 Å². The van der Waals surface area contributed by atoms with E-state index in [9.17, 15) is 14.9 Å². The lowest BCUT2D eigenvalue weighted by atomic mass is 10.2. The number of amides is 1. The van der Waals surface area contributed by atoms with Crippen molar-refractivity contribution in [2.75, 3.05) is 5.32 Å². The second kappa shape index (κ2) is 4.75. The summed E-state index contributed by atoms with van der Waals surface area (Å²) in [4.78, 5) is 21.1. The average Bonchev–Trinajstić information content (AvgIpc) is 2.17. The molecule has 0 bridgehead atoms. The van der Waals surface area contributed by atoms with E-state index in [1.165, 1.54) is 18.2 Å². The molecular weight excluding hydrogens is 220 g/mol. The number of nitro benzene ring substituents is 1. The Balaban J connectivity index is 3.07. The van der Waals surface area contributed by atoms with Crippen LogP contribution < -0.4 is 5.32 Å². The van der Waals surface area contributed by atoms with Gasteiger partial charge in [0.15, 0.2) is 0 Å². The molecule has 0 aliphatic rings. The molecule has 0 saturated carbocycles. The number of benzene rings is 1. The smallest absolute Gasteiger partial charge is 0.292 e. The summed E-state index contributed by atoms with van der Waals surface area (Å²) in [6.45, 7) is 1.66. The molecule has 0 aliphatic carbocycles. The van der Waals surface area contributed by atoms with Crippen LogP contribution in [-0.2, 0) is 4.79 Å². The van der Waals surface area contributed by atoms with Gasteiger partial charge in [-0.25, -0.2) is 0 Å². The molecule has 1 aromatic carbocycles. The third-order valence-electron chi connectivity index (χ3n) is 1.75. The van der Waals surface area contributed by atoms with Crippen LogP contribution in [0.15, 0.2) is 18.2 Å². The van der Waals surface area contributed by atoms with Crippen LogP contribution in [0.1, 0.15) is 13.3 Å². The van der Waals surface area contributed by atoms with Gasteiger partial charge in [0.25, 0.3) is 5.69 Å². The molecule has 1 aromatic rings. The minimum Gasteiger partial charge on any atom is -0.320 e. The Morgan fingerprint density at radius 2 is 2.27 bits per heavy atom. The van der Waals surface area contributed by atoms with Gasteiger partial charge < -0.3 is 5.32 Å². The standard InChI is InChI=1S/C9H9ClN2O3/c1-2-9(13)11-7-5-6(10)3-4-8(7)12(14)15/h3-5H,2H2,1H3,(H,11,13). The fraction of sp³-hybridized carbons (Fsp3) is 0.222. The molecule has 1 N–H and O–H groups in total. The lowest BCUT2D eigenvalue weighted by molar-refractivity contribution is -0.383. The molecule has 5 nitrogen and oxygen atoms in total. The Bertz CT molecular complexity index is 406. The van der Waals surface area contributed by atoms with Gasteiger partial charge >= 0.3 is 0 Å².